The Bertz CT molecular complexity index is 743. The summed E-state index contributed by atoms with van der Waals surface area (Å²) < 4.78 is 11.2. The number of carbonyl (C=O) groups is 1. The monoisotopic (exact) mass is 326 g/mol. The molecule has 0 spiro atoms. The van der Waals surface area contributed by atoms with Crippen LogP contribution in [0.15, 0.2) is 39.9 Å². The highest BCUT2D eigenvalue weighted by Gasteiger charge is 2.36. The van der Waals surface area contributed by atoms with E-state index < -0.39 is 0 Å². The molecule has 1 amide bonds. The smallest absolute Gasteiger partial charge is 0.277 e. The fourth-order valence-corrected chi connectivity index (χ4v) is 2.72. The van der Waals surface area contributed by atoms with E-state index in [9.17, 15) is 4.79 Å². The molecule has 1 fully saturated rings. The molecule has 2 aromatic rings. The number of aryl methyl sites for hydroxylation is 2. The van der Waals surface area contributed by atoms with Crippen molar-refractivity contribution in [3.8, 4) is 5.75 Å². The third-order valence-corrected chi connectivity index (χ3v) is 4.07. The molecule has 5 nitrogen and oxygen atoms in total. The first-order valence-corrected chi connectivity index (χ1v) is 8.14. The largest absolute Gasteiger partial charge is 0.484 e. The normalized spacial score (nSPS) is 19.5. The molecule has 126 valence electrons. The molecule has 1 saturated carbocycles. The zero-order chi connectivity index (χ0) is 17.1. The molecule has 1 N–H and O–H groups in total. The van der Waals surface area contributed by atoms with Crippen LogP contribution < -0.4 is 10.2 Å². The number of furan rings is 1. The van der Waals surface area contributed by atoms with Gasteiger partial charge in [-0.2, -0.15) is 5.10 Å². The van der Waals surface area contributed by atoms with Crippen LogP contribution in [0.4, 0.5) is 0 Å². The lowest BCUT2D eigenvalue weighted by Gasteiger charge is -2.07. The van der Waals surface area contributed by atoms with Crippen molar-refractivity contribution in [3.05, 3.63) is 53.0 Å². The van der Waals surface area contributed by atoms with E-state index in [0.29, 0.717) is 23.3 Å². The van der Waals surface area contributed by atoms with Gasteiger partial charge in [-0.05, 0) is 61.6 Å². The van der Waals surface area contributed by atoms with Crippen molar-refractivity contribution in [2.45, 2.75) is 33.1 Å². The highest BCUT2D eigenvalue weighted by atomic mass is 16.5. The van der Waals surface area contributed by atoms with E-state index in [-0.39, 0.29) is 12.5 Å². The highest BCUT2D eigenvalue weighted by molar-refractivity contribution is 5.81. The highest BCUT2D eigenvalue weighted by Crippen LogP contribution is 2.47. The van der Waals surface area contributed by atoms with E-state index in [1.807, 2.05) is 38.1 Å². The topological polar surface area (TPSA) is 63.8 Å². The van der Waals surface area contributed by atoms with Gasteiger partial charge in [0, 0.05) is 5.92 Å². The van der Waals surface area contributed by atoms with Crippen LogP contribution in [0.25, 0.3) is 0 Å². The van der Waals surface area contributed by atoms with Crippen LogP contribution in [0.5, 0.6) is 5.75 Å². The Morgan fingerprint density at radius 1 is 1.33 bits per heavy atom. The van der Waals surface area contributed by atoms with Crippen molar-refractivity contribution in [2.75, 3.05) is 6.61 Å². The van der Waals surface area contributed by atoms with E-state index in [2.05, 4.69) is 23.5 Å². The maximum absolute atomic E-state index is 11.8. The lowest BCUT2D eigenvalue weighted by molar-refractivity contribution is -0.123. The fourth-order valence-electron chi connectivity index (χ4n) is 2.72. The molecule has 0 aliphatic heterocycles. The molecule has 2 atom stereocenters. The van der Waals surface area contributed by atoms with Crippen molar-refractivity contribution in [2.24, 2.45) is 11.0 Å². The second-order valence-corrected chi connectivity index (χ2v) is 6.46. The summed E-state index contributed by atoms with van der Waals surface area (Å²) in [6, 6.07) is 9.68. The molecule has 0 unspecified atom stereocenters. The first-order valence-electron chi connectivity index (χ1n) is 8.14. The lowest BCUT2D eigenvalue weighted by Crippen LogP contribution is -2.24. The second kappa shape index (κ2) is 6.91. The van der Waals surface area contributed by atoms with Crippen molar-refractivity contribution < 1.29 is 13.9 Å². The maximum Gasteiger partial charge on any atom is 0.277 e. The number of ether oxygens (including phenoxy) is 1. The van der Waals surface area contributed by atoms with Crippen molar-refractivity contribution in [1.29, 1.82) is 0 Å². The number of nitrogens with one attached hydrogen (secondary N) is 1. The van der Waals surface area contributed by atoms with E-state index >= 15 is 0 Å². The van der Waals surface area contributed by atoms with Crippen LogP contribution in [-0.2, 0) is 4.79 Å². The van der Waals surface area contributed by atoms with Gasteiger partial charge in [0.25, 0.3) is 5.91 Å². The maximum atomic E-state index is 11.8. The van der Waals surface area contributed by atoms with Gasteiger partial charge in [0.05, 0.1) is 6.21 Å². The first-order chi connectivity index (χ1) is 11.5. The zero-order valence-electron chi connectivity index (χ0n) is 14.2. The fraction of sp³-hybridized carbons (Fsp3) is 0.368. The molecular weight excluding hydrogens is 304 g/mol. The van der Waals surface area contributed by atoms with Crippen LogP contribution in [0.3, 0.4) is 0 Å². The predicted molar refractivity (Wildman–Crippen MR) is 92.4 cm³/mol. The molecule has 1 aromatic heterocycles. The number of hydrogen-bond donors (Lipinski definition) is 1. The van der Waals surface area contributed by atoms with Gasteiger partial charge in [-0.25, -0.2) is 5.43 Å². The molecule has 0 bridgehead atoms. The number of nitrogens with zero attached hydrogens (tertiary/aromatic N) is 1. The molecule has 3 rings (SSSR count). The molecule has 1 heterocycles. The second-order valence-electron chi connectivity index (χ2n) is 6.46. The van der Waals surface area contributed by atoms with Crippen LogP contribution in [0.2, 0.25) is 0 Å². The van der Waals surface area contributed by atoms with Crippen molar-refractivity contribution in [3.63, 3.8) is 0 Å². The number of hydrogen-bond acceptors (Lipinski definition) is 4. The third-order valence-electron chi connectivity index (χ3n) is 4.07. The Balaban J connectivity index is 1.45. The van der Waals surface area contributed by atoms with Gasteiger partial charge < -0.3 is 9.15 Å². The van der Waals surface area contributed by atoms with Gasteiger partial charge >= 0.3 is 0 Å². The van der Waals surface area contributed by atoms with Gasteiger partial charge in [0.15, 0.2) is 6.61 Å². The van der Waals surface area contributed by atoms with Gasteiger partial charge in [0.1, 0.15) is 17.3 Å². The Morgan fingerprint density at radius 2 is 2.04 bits per heavy atom. The summed E-state index contributed by atoms with van der Waals surface area (Å²) in [6.07, 6.45) is 2.68. The number of hydrazone groups is 1. The predicted octanol–water partition coefficient (Wildman–Crippen LogP) is 3.55. The lowest BCUT2D eigenvalue weighted by atomic mass is 10.1. The molecule has 1 aromatic carbocycles. The van der Waals surface area contributed by atoms with Gasteiger partial charge in [0.2, 0.25) is 0 Å². The third kappa shape index (κ3) is 4.25. The quantitative estimate of drug-likeness (QED) is 0.652. The number of amides is 1. The standard InChI is InChI=1S/C19H22N2O3/c1-12-6-13(2)8-16(7-12)23-11-19(22)21-20-10-15-4-5-18(24-15)17-9-14(17)3/h4-8,10,14,17H,9,11H2,1-3H3,(H,21,22)/b20-10-/t14-,17+/m0/s1. The Hall–Kier alpha value is -2.56. The van der Waals surface area contributed by atoms with Crippen LogP contribution in [0.1, 0.15) is 41.9 Å². The number of carbonyl (C=O) groups excluding carboxylic acids is 1. The summed E-state index contributed by atoms with van der Waals surface area (Å²) in [6.45, 7) is 6.11. The summed E-state index contributed by atoms with van der Waals surface area (Å²) in [5, 5.41) is 3.90. The molecule has 0 saturated heterocycles. The van der Waals surface area contributed by atoms with E-state index in [0.717, 1.165) is 16.9 Å². The minimum Gasteiger partial charge on any atom is -0.484 e. The minimum atomic E-state index is -0.312. The summed E-state index contributed by atoms with van der Waals surface area (Å²) in [5.74, 6) is 3.23. The van der Waals surface area contributed by atoms with Gasteiger partial charge in [-0.1, -0.05) is 13.0 Å². The molecule has 24 heavy (non-hydrogen) atoms. The van der Waals surface area contributed by atoms with Gasteiger partial charge in [-0.3, -0.25) is 4.79 Å². The van der Waals surface area contributed by atoms with Crippen LogP contribution in [0, 0.1) is 19.8 Å². The molecule has 5 heteroatoms. The zero-order valence-corrected chi connectivity index (χ0v) is 14.2. The molecule has 0 radical (unpaired) electrons. The Morgan fingerprint density at radius 3 is 2.71 bits per heavy atom. The summed E-state index contributed by atoms with van der Waals surface area (Å²) in [5.41, 5.74) is 4.64. The van der Waals surface area contributed by atoms with E-state index in [1.165, 1.54) is 12.6 Å². The average molecular weight is 326 g/mol. The number of benzene rings is 1. The Labute approximate surface area is 141 Å². The summed E-state index contributed by atoms with van der Waals surface area (Å²) in [7, 11) is 0. The minimum absolute atomic E-state index is 0.0801. The van der Waals surface area contributed by atoms with E-state index in [4.69, 9.17) is 9.15 Å². The van der Waals surface area contributed by atoms with Crippen molar-refractivity contribution in [1.82, 2.24) is 5.43 Å². The van der Waals surface area contributed by atoms with Crippen LogP contribution >= 0.6 is 0 Å². The first kappa shape index (κ1) is 16.3. The summed E-state index contributed by atoms with van der Waals surface area (Å²) in [4.78, 5) is 11.8. The SMILES string of the molecule is Cc1cc(C)cc(OCC(=O)N/N=C\c2ccc([C@@H]3C[C@@H]3C)o2)c1. The molecule has 1 aliphatic carbocycles. The summed E-state index contributed by atoms with van der Waals surface area (Å²) >= 11 is 0. The van der Waals surface area contributed by atoms with Crippen LogP contribution in [-0.4, -0.2) is 18.7 Å². The average Bonchev–Trinajstić information content (AvgIpc) is 3.06. The molecular formula is C19H22N2O3. The van der Waals surface area contributed by atoms with Crippen molar-refractivity contribution >= 4 is 12.1 Å². The Kier molecular flexibility index (Phi) is 4.69. The molecule has 1 aliphatic rings. The van der Waals surface area contributed by atoms with E-state index in [1.54, 1.807) is 0 Å². The van der Waals surface area contributed by atoms with Gasteiger partial charge in [-0.15, -0.1) is 0 Å². The number of rotatable bonds is 6.